The minimum atomic E-state index is 0.635. The fourth-order valence-electron chi connectivity index (χ4n) is 2.39. The largest absolute Gasteiger partial charge is 0.353 e. The van der Waals surface area contributed by atoms with Gasteiger partial charge in [-0.05, 0) is 30.0 Å². The van der Waals surface area contributed by atoms with Gasteiger partial charge in [-0.3, -0.25) is 4.98 Å². The van der Waals surface area contributed by atoms with Crippen LogP contribution in [0.4, 0.5) is 5.82 Å². The van der Waals surface area contributed by atoms with Gasteiger partial charge in [0.25, 0.3) is 0 Å². The second-order valence-corrected chi connectivity index (χ2v) is 4.86. The maximum Gasteiger partial charge on any atom is 0.169 e. The number of hydrogen-bond donors (Lipinski definition) is 0. The number of rotatable bonds is 5. The normalized spacial score (nSPS) is 10.2. The molecule has 0 bridgehead atoms. The fourth-order valence-corrected chi connectivity index (χ4v) is 2.39. The lowest BCUT2D eigenvalue weighted by molar-refractivity contribution is 0.817. The van der Waals surface area contributed by atoms with Gasteiger partial charge in [-0.1, -0.05) is 19.9 Å². The highest BCUT2D eigenvalue weighted by Gasteiger charge is 2.17. The van der Waals surface area contributed by atoms with Crippen LogP contribution in [0.2, 0.25) is 0 Å². The average molecular weight is 281 g/mol. The van der Waals surface area contributed by atoms with Gasteiger partial charge in [0.1, 0.15) is 11.6 Å². The smallest absolute Gasteiger partial charge is 0.169 e. The van der Waals surface area contributed by atoms with Gasteiger partial charge in [0.2, 0.25) is 0 Å². The summed E-state index contributed by atoms with van der Waals surface area (Å²) < 4.78 is 0. The number of anilines is 1. The lowest BCUT2D eigenvalue weighted by Gasteiger charge is -2.20. The van der Waals surface area contributed by atoms with Crippen LogP contribution in [-0.4, -0.2) is 22.2 Å². The van der Waals surface area contributed by atoms with Crippen molar-refractivity contribution in [1.82, 2.24) is 15.2 Å². The maximum atomic E-state index is 9.51. The van der Waals surface area contributed by atoms with E-state index >= 15 is 0 Å². The zero-order valence-corrected chi connectivity index (χ0v) is 12.7. The van der Waals surface area contributed by atoms with Gasteiger partial charge >= 0.3 is 0 Å². The van der Waals surface area contributed by atoms with Crippen LogP contribution in [0.25, 0.3) is 0 Å². The molecule has 5 nitrogen and oxygen atoms in total. The predicted molar refractivity (Wildman–Crippen MR) is 81.8 cm³/mol. The summed E-state index contributed by atoms with van der Waals surface area (Å²) in [7, 11) is 1.92. The molecule has 0 atom stereocenters. The zero-order valence-electron chi connectivity index (χ0n) is 12.7. The van der Waals surface area contributed by atoms with E-state index in [1.165, 1.54) is 0 Å². The molecule has 0 spiro atoms. The quantitative estimate of drug-likeness (QED) is 0.842. The SMILES string of the molecule is CCc1nnc(N(C)Cc2cccnc2)c(C#N)c1CC. The van der Waals surface area contributed by atoms with E-state index in [1.807, 2.05) is 44.1 Å². The highest BCUT2D eigenvalue weighted by Crippen LogP contribution is 2.23. The molecule has 0 unspecified atom stereocenters. The van der Waals surface area contributed by atoms with Crippen molar-refractivity contribution in [2.45, 2.75) is 33.2 Å². The minimum Gasteiger partial charge on any atom is -0.353 e. The molecule has 0 N–H and O–H groups in total. The van der Waals surface area contributed by atoms with E-state index in [-0.39, 0.29) is 0 Å². The molecule has 0 amide bonds. The van der Waals surface area contributed by atoms with Gasteiger partial charge in [-0.2, -0.15) is 10.4 Å². The van der Waals surface area contributed by atoms with E-state index in [1.54, 1.807) is 6.20 Å². The molecule has 5 heteroatoms. The summed E-state index contributed by atoms with van der Waals surface area (Å²) in [5.41, 5.74) is 3.62. The minimum absolute atomic E-state index is 0.635. The van der Waals surface area contributed by atoms with Crippen LogP contribution in [0.5, 0.6) is 0 Å². The first kappa shape index (κ1) is 14.9. The van der Waals surface area contributed by atoms with Gasteiger partial charge in [0.05, 0.1) is 5.69 Å². The number of aryl methyl sites for hydroxylation is 1. The third kappa shape index (κ3) is 3.16. The number of hydrogen-bond acceptors (Lipinski definition) is 5. The molecule has 0 aliphatic rings. The van der Waals surface area contributed by atoms with Gasteiger partial charge in [0, 0.05) is 26.0 Å². The maximum absolute atomic E-state index is 9.51. The molecule has 2 rings (SSSR count). The summed E-state index contributed by atoms with van der Waals surface area (Å²) in [6.45, 7) is 4.72. The summed E-state index contributed by atoms with van der Waals surface area (Å²) in [6.07, 6.45) is 5.14. The molecule has 0 aliphatic carbocycles. The molecule has 0 saturated heterocycles. The Hall–Kier alpha value is -2.48. The summed E-state index contributed by atoms with van der Waals surface area (Å²) in [5, 5.41) is 18.0. The second kappa shape index (κ2) is 6.80. The van der Waals surface area contributed by atoms with Crippen molar-refractivity contribution >= 4 is 5.82 Å². The number of pyridine rings is 1. The first-order valence-electron chi connectivity index (χ1n) is 7.09. The Morgan fingerprint density at radius 1 is 1.24 bits per heavy atom. The van der Waals surface area contributed by atoms with Gasteiger partial charge in [0.15, 0.2) is 5.82 Å². The van der Waals surface area contributed by atoms with Gasteiger partial charge < -0.3 is 4.90 Å². The van der Waals surface area contributed by atoms with Crippen molar-refractivity contribution in [3.05, 3.63) is 46.9 Å². The van der Waals surface area contributed by atoms with E-state index in [4.69, 9.17) is 0 Å². The molecule has 2 aromatic heterocycles. The summed E-state index contributed by atoms with van der Waals surface area (Å²) in [5.74, 6) is 0.635. The molecule has 0 aromatic carbocycles. The third-order valence-corrected chi connectivity index (χ3v) is 3.44. The van der Waals surface area contributed by atoms with Gasteiger partial charge in [-0.15, -0.1) is 5.10 Å². The van der Waals surface area contributed by atoms with Crippen molar-refractivity contribution in [2.75, 3.05) is 11.9 Å². The Balaban J connectivity index is 2.37. The van der Waals surface area contributed by atoms with Crippen LogP contribution in [0, 0.1) is 11.3 Å². The summed E-state index contributed by atoms with van der Waals surface area (Å²) in [6, 6.07) is 6.20. The lowest BCUT2D eigenvalue weighted by atomic mass is 10.0. The summed E-state index contributed by atoms with van der Waals surface area (Å²) >= 11 is 0. The Bertz CT molecular complexity index is 646. The Morgan fingerprint density at radius 2 is 2.05 bits per heavy atom. The lowest BCUT2D eigenvalue weighted by Crippen LogP contribution is -2.21. The molecule has 2 aromatic rings. The van der Waals surface area contributed by atoms with E-state index in [2.05, 4.69) is 21.3 Å². The Kier molecular flexibility index (Phi) is 4.83. The van der Waals surface area contributed by atoms with Gasteiger partial charge in [-0.25, -0.2) is 0 Å². The predicted octanol–water partition coefficient (Wildman–Crippen LogP) is 2.50. The number of aromatic nitrogens is 3. The summed E-state index contributed by atoms with van der Waals surface area (Å²) in [4.78, 5) is 6.05. The fraction of sp³-hybridized carbons (Fsp3) is 0.375. The molecular weight excluding hydrogens is 262 g/mol. The van der Waals surface area contributed by atoms with Crippen LogP contribution in [0.1, 0.15) is 36.2 Å². The van der Waals surface area contributed by atoms with E-state index < -0.39 is 0 Å². The topological polar surface area (TPSA) is 65.7 Å². The van der Waals surface area contributed by atoms with E-state index in [0.717, 1.165) is 29.7 Å². The van der Waals surface area contributed by atoms with Crippen molar-refractivity contribution < 1.29 is 0 Å². The molecule has 108 valence electrons. The van der Waals surface area contributed by atoms with Crippen LogP contribution in [0.15, 0.2) is 24.5 Å². The highest BCUT2D eigenvalue weighted by atomic mass is 15.2. The molecule has 21 heavy (non-hydrogen) atoms. The molecule has 0 radical (unpaired) electrons. The van der Waals surface area contributed by atoms with Crippen LogP contribution in [-0.2, 0) is 19.4 Å². The second-order valence-electron chi connectivity index (χ2n) is 4.86. The highest BCUT2D eigenvalue weighted by molar-refractivity contribution is 5.57. The van der Waals surface area contributed by atoms with Crippen molar-refractivity contribution in [1.29, 1.82) is 5.26 Å². The zero-order chi connectivity index (χ0) is 15.2. The third-order valence-electron chi connectivity index (χ3n) is 3.44. The standard InChI is InChI=1S/C16H19N5/c1-4-13-14(9-17)16(20-19-15(13)5-2)21(3)11-12-7-6-8-18-10-12/h6-8,10H,4-5,11H2,1-3H3. The van der Waals surface area contributed by atoms with E-state index in [0.29, 0.717) is 17.9 Å². The van der Waals surface area contributed by atoms with E-state index in [9.17, 15) is 5.26 Å². The number of nitriles is 1. The Morgan fingerprint density at radius 3 is 2.62 bits per heavy atom. The molecule has 0 fully saturated rings. The average Bonchev–Trinajstić information content (AvgIpc) is 2.53. The molecular formula is C16H19N5. The molecule has 0 aliphatic heterocycles. The monoisotopic (exact) mass is 281 g/mol. The van der Waals surface area contributed by atoms with Crippen molar-refractivity contribution in [3.8, 4) is 6.07 Å². The van der Waals surface area contributed by atoms with Crippen LogP contribution in [0.3, 0.4) is 0 Å². The first-order chi connectivity index (χ1) is 10.2. The van der Waals surface area contributed by atoms with Crippen LogP contribution < -0.4 is 4.90 Å². The van der Waals surface area contributed by atoms with Crippen molar-refractivity contribution in [2.24, 2.45) is 0 Å². The number of nitrogens with zero attached hydrogens (tertiary/aromatic N) is 5. The Labute approximate surface area is 125 Å². The van der Waals surface area contributed by atoms with Crippen LogP contribution >= 0.6 is 0 Å². The first-order valence-corrected chi connectivity index (χ1v) is 7.09. The molecule has 0 saturated carbocycles. The molecule has 2 heterocycles. The van der Waals surface area contributed by atoms with Crippen molar-refractivity contribution in [3.63, 3.8) is 0 Å².